The van der Waals surface area contributed by atoms with Crippen molar-refractivity contribution in [1.29, 1.82) is 0 Å². The Morgan fingerprint density at radius 2 is 1.76 bits per heavy atom. The van der Waals surface area contributed by atoms with Gasteiger partial charge in [-0.2, -0.15) is 10.1 Å². The predicted octanol–water partition coefficient (Wildman–Crippen LogP) is 3.79. The first-order chi connectivity index (χ1) is 16.1. The van der Waals surface area contributed by atoms with Crippen LogP contribution in [-0.4, -0.2) is 47.3 Å². The Morgan fingerprint density at radius 1 is 1.00 bits per heavy atom. The van der Waals surface area contributed by atoms with Crippen LogP contribution in [0.3, 0.4) is 0 Å². The van der Waals surface area contributed by atoms with E-state index in [1.807, 2.05) is 31.2 Å². The van der Waals surface area contributed by atoms with Gasteiger partial charge in [0.1, 0.15) is 5.41 Å². The molecule has 3 aliphatic rings. The maximum atomic E-state index is 14.2. The fraction of sp³-hybridized carbons (Fsp3) is 0.280. The molecule has 6 rings (SSSR count). The van der Waals surface area contributed by atoms with Crippen molar-refractivity contribution in [1.82, 2.24) is 9.97 Å². The second-order valence-electron chi connectivity index (χ2n) is 8.76. The average molecular weight is 459 g/mol. The fourth-order valence-corrected chi connectivity index (χ4v) is 5.59. The molecule has 1 saturated heterocycles. The molecule has 3 aliphatic heterocycles. The van der Waals surface area contributed by atoms with Crippen LogP contribution in [0.15, 0.2) is 72.1 Å². The van der Waals surface area contributed by atoms with Gasteiger partial charge in [-0.3, -0.25) is 4.79 Å². The molecule has 2 unspecified atom stereocenters. The summed E-state index contributed by atoms with van der Waals surface area (Å²) in [5.41, 5.74) is 3.18. The number of fused-ring (bicyclic) bond motifs is 4. The van der Waals surface area contributed by atoms with Gasteiger partial charge in [-0.1, -0.05) is 29.8 Å². The second kappa shape index (κ2) is 7.56. The molecular weight excluding hydrogens is 436 g/mol. The Morgan fingerprint density at radius 3 is 2.55 bits per heavy atom. The van der Waals surface area contributed by atoms with E-state index in [4.69, 9.17) is 16.7 Å². The number of hydrogen-bond acceptors (Lipinski definition) is 6. The second-order valence-corrected chi connectivity index (χ2v) is 9.20. The van der Waals surface area contributed by atoms with E-state index in [1.54, 1.807) is 29.5 Å². The van der Waals surface area contributed by atoms with Crippen LogP contribution in [0.1, 0.15) is 12.5 Å². The number of hydrazone groups is 1. The summed E-state index contributed by atoms with van der Waals surface area (Å²) in [6, 6.07) is 17.4. The Hall–Kier alpha value is -3.45. The first-order valence-corrected chi connectivity index (χ1v) is 11.5. The molecule has 1 fully saturated rings. The Bertz CT molecular complexity index is 1250. The minimum atomic E-state index is -0.762. The molecule has 0 bridgehead atoms. The number of nitrogens with zero attached hydrogens (tertiary/aromatic N) is 6. The van der Waals surface area contributed by atoms with E-state index < -0.39 is 5.41 Å². The first-order valence-electron chi connectivity index (χ1n) is 11.1. The van der Waals surface area contributed by atoms with Crippen LogP contribution < -0.4 is 14.8 Å². The van der Waals surface area contributed by atoms with Gasteiger partial charge in [0.15, 0.2) is 0 Å². The zero-order valence-electron chi connectivity index (χ0n) is 18.2. The van der Waals surface area contributed by atoms with E-state index in [0.717, 1.165) is 24.5 Å². The van der Waals surface area contributed by atoms with Crippen molar-refractivity contribution in [3.63, 3.8) is 0 Å². The highest BCUT2D eigenvalue weighted by Gasteiger charge is 2.60. The third kappa shape index (κ3) is 3.03. The predicted molar refractivity (Wildman–Crippen MR) is 130 cm³/mol. The van der Waals surface area contributed by atoms with Crippen molar-refractivity contribution in [2.24, 2.45) is 10.5 Å². The van der Waals surface area contributed by atoms with E-state index in [1.165, 1.54) is 11.3 Å². The highest BCUT2D eigenvalue weighted by atomic mass is 35.5. The van der Waals surface area contributed by atoms with E-state index in [2.05, 4.69) is 38.0 Å². The Labute approximate surface area is 197 Å². The molecule has 166 valence electrons. The maximum Gasteiger partial charge on any atom is 0.261 e. The molecule has 0 aliphatic carbocycles. The molecule has 33 heavy (non-hydrogen) atoms. The van der Waals surface area contributed by atoms with E-state index in [9.17, 15) is 4.79 Å². The monoisotopic (exact) mass is 458 g/mol. The lowest BCUT2D eigenvalue weighted by Crippen LogP contribution is -2.67. The van der Waals surface area contributed by atoms with Crippen LogP contribution in [0, 0.1) is 5.41 Å². The SMILES string of the molecule is CC1=NN(c2ccc(Cl)cc2)C(=O)C12Cc1ccccc1N1CCN(c3ncccn3)CC12. The summed E-state index contributed by atoms with van der Waals surface area (Å²) >= 11 is 6.08. The van der Waals surface area contributed by atoms with Crippen LogP contribution >= 0.6 is 11.6 Å². The molecule has 2 aromatic carbocycles. The van der Waals surface area contributed by atoms with Crippen LogP contribution in [0.25, 0.3) is 0 Å². The van der Waals surface area contributed by atoms with Gasteiger partial charge in [0.2, 0.25) is 5.95 Å². The normalized spacial score (nSPS) is 24.1. The minimum absolute atomic E-state index is 0.00246. The number of para-hydroxylation sites is 1. The maximum absolute atomic E-state index is 14.2. The number of carbonyl (C=O) groups excluding carboxylic acids is 1. The molecule has 0 saturated carbocycles. The topological polar surface area (TPSA) is 64.9 Å². The van der Waals surface area contributed by atoms with Gasteiger partial charge in [-0.05, 0) is 55.3 Å². The van der Waals surface area contributed by atoms with Gasteiger partial charge in [0.05, 0.1) is 17.4 Å². The standard InChI is InChI=1S/C25H23ClN6O/c1-17-25(23(33)32(29-17)20-9-7-19(26)8-10-20)15-18-5-2-3-6-21(18)31-14-13-30(16-22(25)31)24-27-11-4-12-28-24/h2-12,22H,13-16H2,1H3. The summed E-state index contributed by atoms with van der Waals surface area (Å²) in [5, 5.41) is 6.97. The molecule has 4 heterocycles. The molecule has 7 nitrogen and oxygen atoms in total. The highest BCUT2D eigenvalue weighted by molar-refractivity contribution is 6.30. The number of halogens is 1. The largest absolute Gasteiger partial charge is 0.363 e. The number of anilines is 3. The molecule has 8 heteroatoms. The zero-order valence-corrected chi connectivity index (χ0v) is 19.0. The molecule has 0 N–H and O–H groups in total. The lowest BCUT2D eigenvalue weighted by Gasteiger charge is -2.53. The van der Waals surface area contributed by atoms with E-state index in [-0.39, 0.29) is 11.9 Å². The van der Waals surface area contributed by atoms with Crippen molar-refractivity contribution in [2.75, 3.05) is 34.4 Å². The Kier molecular flexibility index (Phi) is 4.62. The van der Waals surface area contributed by atoms with Crippen LogP contribution in [-0.2, 0) is 11.2 Å². The third-order valence-electron chi connectivity index (χ3n) is 7.10. The van der Waals surface area contributed by atoms with Gasteiger partial charge in [0.25, 0.3) is 5.91 Å². The molecule has 1 aromatic heterocycles. The van der Waals surface area contributed by atoms with Crippen LogP contribution in [0.5, 0.6) is 0 Å². The molecule has 1 amide bonds. The van der Waals surface area contributed by atoms with Crippen LogP contribution in [0.2, 0.25) is 5.02 Å². The number of aromatic nitrogens is 2. The van der Waals surface area contributed by atoms with Crippen molar-refractivity contribution >= 4 is 40.5 Å². The number of piperazine rings is 1. The lowest BCUT2D eigenvalue weighted by atomic mass is 9.67. The average Bonchev–Trinajstić information content (AvgIpc) is 3.10. The van der Waals surface area contributed by atoms with Crippen LogP contribution in [0.4, 0.5) is 17.3 Å². The fourth-order valence-electron chi connectivity index (χ4n) is 5.46. The highest BCUT2D eigenvalue weighted by Crippen LogP contribution is 2.48. The smallest absolute Gasteiger partial charge is 0.261 e. The summed E-state index contributed by atoms with van der Waals surface area (Å²) < 4.78 is 0. The van der Waals surface area contributed by atoms with Gasteiger partial charge in [0, 0.05) is 42.7 Å². The zero-order chi connectivity index (χ0) is 22.6. The number of rotatable bonds is 2. The van der Waals surface area contributed by atoms with Gasteiger partial charge in [-0.15, -0.1) is 0 Å². The molecule has 3 aromatic rings. The number of carbonyl (C=O) groups is 1. The lowest BCUT2D eigenvalue weighted by molar-refractivity contribution is -0.125. The summed E-state index contributed by atoms with van der Waals surface area (Å²) in [6.07, 6.45) is 4.14. The van der Waals surface area contributed by atoms with Gasteiger partial charge in [-0.25, -0.2) is 9.97 Å². The van der Waals surface area contributed by atoms with Crippen molar-refractivity contribution in [2.45, 2.75) is 19.4 Å². The number of hydrogen-bond donors (Lipinski definition) is 0. The van der Waals surface area contributed by atoms with Crippen molar-refractivity contribution in [3.05, 3.63) is 77.6 Å². The van der Waals surface area contributed by atoms with E-state index >= 15 is 0 Å². The molecular formula is C25H23ClN6O. The summed E-state index contributed by atoms with van der Waals surface area (Å²) in [6.45, 7) is 4.20. The van der Waals surface area contributed by atoms with E-state index in [0.29, 0.717) is 23.9 Å². The quantitative estimate of drug-likeness (QED) is 0.584. The Balaban J connectivity index is 1.45. The third-order valence-corrected chi connectivity index (χ3v) is 7.35. The molecule has 1 spiro atoms. The minimum Gasteiger partial charge on any atom is -0.363 e. The summed E-state index contributed by atoms with van der Waals surface area (Å²) in [5.74, 6) is 0.698. The van der Waals surface area contributed by atoms with Gasteiger partial charge < -0.3 is 9.80 Å². The summed E-state index contributed by atoms with van der Waals surface area (Å²) in [4.78, 5) is 27.7. The summed E-state index contributed by atoms with van der Waals surface area (Å²) in [7, 11) is 0. The molecule has 0 radical (unpaired) electrons. The van der Waals surface area contributed by atoms with Gasteiger partial charge >= 0.3 is 0 Å². The molecule has 2 atom stereocenters. The van der Waals surface area contributed by atoms with Crippen molar-refractivity contribution in [3.8, 4) is 0 Å². The first kappa shape index (κ1) is 20.2. The van der Waals surface area contributed by atoms with Crippen molar-refractivity contribution < 1.29 is 4.79 Å². The number of benzene rings is 2. The number of amides is 1.